The van der Waals surface area contributed by atoms with Gasteiger partial charge < -0.3 is 10.6 Å². The predicted molar refractivity (Wildman–Crippen MR) is 69.9 cm³/mol. The molecule has 2 N–H and O–H groups in total. The third-order valence-electron chi connectivity index (χ3n) is 2.27. The molecular weight excluding hydrogens is 250 g/mol. The van der Waals surface area contributed by atoms with Crippen LogP contribution in [0.4, 0.5) is 5.69 Å². The van der Waals surface area contributed by atoms with E-state index in [1.54, 1.807) is 42.2 Å². The van der Waals surface area contributed by atoms with E-state index in [1.165, 1.54) is 11.3 Å². The number of nitrogens with zero attached hydrogens (tertiary/aromatic N) is 1. The summed E-state index contributed by atoms with van der Waals surface area (Å²) >= 11 is 1.35. The van der Waals surface area contributed by atoms with E-state index >= 15 is 0 Å². The lowest BCUT2D eigenvalue weighted by Crippen LogP contribution is -2.18. The number of nitrogens with one attached hydrogen (secondary N) is 2. The van der Waals surface area contributed by atoms with E-state index in [0.717, 1.165) is 0 Å². The minimum Gasteiger partial charge on any atom is -0.355 e. The molecule has 2 aromatic rings. The van der Waals surface area contributed by atoms with Crippen LogP contribution in [0.2, 0.25) is 0 Å². The Kier molecular flexibility index (Phi) is 3.69. The quantitative estimate of drug-likeness (QED) is 0.884. The van der Waals surface area contributed by atoms with Crippen LogP contribution in [0, 0.1) is 0 Å². The Morgan fingerprint density at radius 1 is 1.28 bits per heavy atom. The maximum Gasteiger partial charge on any atom is 0.275 e. The molecule has 0 fully saturated rings. The molecule has 2 rings (SSSR count). The molecule has 0 unspecified atom stereocenters. The first kappa shape index (κ1) is 12.3. The van der Waals surface area contributed by atoms with Crippen LogP contribution in [-0.2, 0) is 0 Å². The lowest BCUT2D eigenvalue weighted by atomic mass is 10.2. The summed E-state index contributed by atoms with van der Waals surface area (Å²) in [7, 11) is 1.56. The summed E-state index contributed by atoms with van der Waals surface area (Å²) in [6.07, 6.45) is 0. The van der Waals surface area contributed by atoms with Crippen molar-refractivity contribution in [2.75, 3.05) is 12.4 Å². The van der Waals surface area contributed by atoms with Crippen molar-refractivity contribution in [1.82, 2.24) is 10.3 Å². The highest BCUT2D eigenvalue weighted by molar-refractivity contribution is 7.07. The van der Waals surface area contributed by atoms with Gasteiger partial charge in [-0.2, -0.15) is 0 Å². The molecule has 0 spiro atoms. The van der Waals surface area contributed by atoms with Gasteiger partial charge in [0.1, 0.15) is 5.69 Å². The van der Waals surface area contributed by atoms with Crippen molar-refractivity contribution in [3.63, 3.8) is 0 Å². The van der Waals surface area contributed by atoms with E-state index < -0.39 is 0 Å². The summed E-state index contributed by atoms with van der Waals surface area (Å²) < 4.78 is 0. The highest BCUT2D eigenvalue weighted by Crippen LogP contribution is 2.12. The number of amides is 2. The highest BCUT2D eigenvalue weighted by Gasteiger charge is 2.09. The normalized spacial score (nSPS) is 9.83. The van der Waals surface area contributed by atoms with Crippen molar-refractivity contribution in [3.05, 3.63) is 46.4 Å². The summed E-state index contributed by atoms with van der Waals surface area (Å²) in [4.78, 5) is 27.1. The van der Waals surface area contributed by atoms with Gasteiger partial charge in [-0.05, 0) is 18.2 Å². The van der Waals surface area contributed by atoms with E-state index in [0.29, 0.717) is 16.9 Å². The fourth-order valence-electron chi connectivity index (χ4n) is 1.40. The standard InChI is InChI=1S/C12H11N3O2S/c1-13-11(16)8-3-2-4-9(5-8)15-12(17)10-6-18-7-14-10/h2-7H,1H3,(H,13,16)(H,15,17). The molecule has 0 aliphatic carbocycles. The predicted octanol–water partition coefficient (Wildman–Crippen LogP) is 1.75. The topological polar surface area (TPSA) is 71.1 Å². The molecule has 6 heteroatoms. The second kappa shape index (κ2) is 5.42. The average molecular weight is 261 g/mol. The van der Waals surface area contributed by atoms with Crippen molar-refractivity contribution < 1.29 is 9.59 Å². The minimum absolute atomic E-state index is 0.195. The van der Waals surface area contributed by atoms with Crippen molar-refractivity contribution >= 4 is 28.8 Å². The van der Waals surface area contributed by atoms with Crippen LogP contribution < -0.4 is 10.6 Å². The number of thiazole rings is 1. The van der Waals surface area contributed by atoms with Crippen LogP contribution >= 0.6 is 11.3 Å². The molecule has 0 bridgehead atoms. The summed E-state index contributed by atoms with van der Waals surface area (Å²) in [5.41, 5.74) is 3.02. The SMILES string of the molecule is CNC(=O)c1cccc(NC(=O)c2cscn2)c1. The second-order valence-corrected chi connectivity index (χ2v) is 4.21. The molecule has 0 saturated heterocycles. The Balaban J connectivity index is 2.15. The van der Waals surface area contributed by atoms with Gasteiger partial charge in [-0.3, -0.25) is 9.59 Å². The Morgan fingerprint density at radius 3 is 2.78 bits per heavy atom. The largest absolute Gasteiger partial charge is 0.355 e. The first-order valence-electron chi connectivity index (χ1n) is 5.22. The third-order valence-corrected chi connectivity index (χ3v) is 2.86. The third kappa shape index (κ3) is 2.72. The molecule has 5 nitrogen and oxygen atoms in total. The molecule has 0 saturated carbocycles. The van der Waals surface area contributed by atoms with Gasteiger partial charge in [0, 0.05) is 23.7 Å². The van der Waals surface area contributed by atoms with Gasteiger partial charge in [0.15, 0.2) is 0 Å². The molecule has 0 aliphatic rings. The first-order valence-corrected chi connectivity index (χ1v) is 6.16. The van der Waals surface area contributed by atoms with Crippen LogP contribution in [0.3, 0.4) is 0 Å². The minimum atomic E-state index is -0.287. The molecule has 1 heterocycles. The number of rotatable bonds is 3. The Hall–Kier alpha value is -2.21. The van der Waals surface area contributed by atoms with Crippen LogP contribution in [-0.4, -0.2) is 23.8 Å². The van der Waals surface area contributed by atoms with E-state index in [9.17, 15) is 9.59 Å². The van der Waals surface area contributed by atoms with Crippen LogP contribution in [0.25, 0.3) is 0 Å². The highest BCUT2D eigenvalue weighted by atomic mass is 32.1. The second-order valence-electron chi connectivity index (χ2n) is 3.49. The molecular formula is C12H11N3O2S. The number of hydrogen-bond acceptors (Lipinski definition) is 4. The van der Waals surface area contributed by atoms with Gasteiger partial charge in [0.2, 0.25) is 0 Å². The number of hydrogen-bond donors (Lipinski definition) is 2. The smallest absolute Gasteiger partial charge is 0.275 e. The molecule has 0 aliphatic heterocycles. The average Bonchev–Trinajstić information content (AvgIpc) is 2.92. The van der Waals surface area contributed by atoms with Crippen molar-refractivity contribution in [2.24, 2.45) is 0 Å². The molecule has 0 atom stereocenters. The fourth-order valence-corrected chi connectivity index (χ4v) is 1.93. The van der Waals surface area contributed by atoms with Gasteiger partial charge in [-0.25, -0.2) is 4.98 Å². The van der Waals surface area contributed by atoms with Gasteiger partial charge in [-0.15, -0.1) is 11.3 Å². The van der Waals surface area contributed by atoms with Crippen LogP contribution in [0.5, 0.6) is 0 Å². The van der Waals surface area contributed by atoms with Crippen molar-refractivity contribution in [1.29, 1.82) is 0 Å². The maximum atomic E-state index is 11.8. The van der Waals surface area contributed by atoms with Crippen molar-refractivity contribution in [2.45, 2.75) is 0 Å². The molecule has 1 aromatic heterocycles. The van der Waals surface area contributed by atoms with Gasteiger partial charge >= 0.3 is 0 Å². The number of carbonyl (C=O) groups is 2. The maximum absolute atomic E-state index is 11.8. The van der Waals surface area contributed by atoms with E-state index in [-0.39, 0.29) is 11.8 Å². The molecule has 1 aromatic carbocycles. The summed E-state index contributed by atoms with van der Waals surface area (Å²) in [6.45, 7) is 0. The number of carbonyl (C=O) groups excluding carboxylic acids is 2. The lowest BCUT2D eigenvalue weighted by molar-refractivity contribution is 0.0961. The summed E-state index contributed by atoms with van der Waals surface area (Å²) in [6, 6.07) is 6.72. The molecule has 0 radical (unpaired) electrons. The van der Waals surface area contributed by atoms with Gasteiger partial charge in [0.25, 0.3) is 11.8 Å². The number of anilines is 1. The summed E-state index contributed by atoms with van der Waals surface area (Å²) in [5.74, 6) is -0.481. The monoisotopic (exact) mass is 261 g/mol. The van der Waals surface area contributed by atoms with Crippen LogP contribution in [0.15, 0.2) is 35.2 Å². The zero-order valence-corrected chi connectivity index (χ0v) is 10.5. The number of aromatic nitrogens is 1. The number of benzene rings is 1. The first-order chi connectivity index (χ1) is 8.70. The Labute approximate surface area is 108 Å². The molecule has 18 heavy (non-hydrogen) atoms. The Morgan fingerprint density at radius 2 is 2.11 bits per heavy atom. The zero-order valence-electron chi connectivity index (χ0n) is 9.64. The van der Waals surface area contributed by atoms with Crippen molar-refractivity contribution in [3.8, 4) is 0 Å². The van der Waals surface area contributed by atoms with E-state index in [2.05, 4.69) is 15.6 Å². The molecule has 92 valence electrons. The van der Waals surface area contributed by atoms with Crippen LogP contribution in [0.1, 0.15) is 20.8 Å². The fraction of sp³-hybridized carbons (Fsp3) is 0.0833. The Bertz CT molecular complexity index is 566. The van der Waals surface area contributed by atoms with E-state index in [1.807, 2.05) is 0 Å². The van der Waals surface area contributed by atoms with E-state index in [4.69, 9.17) is 0 Å². The van der Waals surface area contributed by atoms with Gasteiger partial charge in [0.05, 0.1) is 5.51 Å². The molecule has 2 amide bonds. The van der Waals surface area contributed by atoms with Gasteiger partial charge in [-0.1, -0.05) is 6.07 Å². The lowest BCUT2D eigenvalue weighted by Gasteiger charge is -2.05. The zero-order chi connectivity index (χ0) is 13.0. The summed E-state index contributed by atoms with van der Waals surface area (Å²) in [5, 5.41) is 6.88.